The van der Waals surface area contributed by atoms with Crippen molar-refractivity contribution in [1.82, 2.24) is 14.9 Å². The summed E-state index contributed by atoms with van der Waals surface area (Å²) in [6.07, 6.45) is 7.70. The van der Waals surface area contributed by atoms with Crippen LogP contribution in [0.2, 0.25) is 0 Å². The first-order valence-corrected chi connectivity index (χ1v) is 9.60. The third-order valence-corrected chi connectivity index (χ3v) is 5.72. The molecule has 0 atom stereocenters. The van der Waals surface area contributed by atoms with Gasteiger partial charge >= 0.3 is 0 Å². The zero-order valence-electron chi connectivity index (χ0n) is 15.1. The molecule has 2 aliphatic rings. The van der Waals surface area contributed by atoms with E-state index < -0.39 is 0 Å². The van der Waals surface area contributed by atoms with E-state index in [9.17, 15) is 4.79 Å². The maximum absolute atomic E-state index is 12.5. The highest BCUT2D eigenvalue weighted by molar-refractivity contribution is 5.55. The molecule has 132 valence electrons. The molecule has 0 saturated heterocycles. The molecule has 1 aliphatic carbocycles. The standard InChI is InChI=1S/C21H27N3O/c1-15-7-9-17(10-8-15)20-22-19-14-24(12-11-18(19)21(25)23-20)13-16-5-3-2-4-6-16/h7-10,16H,2-6,11-14H2,1H3,(H,22,23,25). The lowest BCUT2D eigenvalue weighted by Gasteiger charge is -2.32. The third kappa shape index (κ3) is 3.69. The largest absolute Gasteiger partial charge is 0.306 e. The van der Waals surface area contributed by atoms with Gasteiger partial charge in [0.1, 0.15) is 5.82 Å². The van der Waals surface area contributed by atoms with E-state index in [1.165, 1.54) is 37.7 Å². The number of benzene rings is 1. The Bertz CT molecular complexity index is 788. The fourth-order valence-corrected chi connectivity index (χ4v) is 4.23. The van der Waals surface area contributed by atoms with Gasteiger partial charge in [0.25, 0.3) is 5.56 Å². The van der Waals surface area contributed by atoms with Crippen LogP contribution in [0.1, 0.15) is 48.9 Å². The summed E-state index contributed by atoms with van der Waals surface area (Å²) in [4.78, 5) is 22.8. The normalized spacial score (nSPS) is 18.9. The van der Waals surface area contributed by atoms with Crippen molar-refractivity contribution in [2.24, 2.45) is 5.92 Å². The quantitative estimate of drug-likeness (QED) is 0.929. The highest BCUT2D eigenvalue weighted by Gasteiger charge is 2.24. The summed E-state index contributed by atoms with van der Waals surface area (Å²) in [5.41, 5.74) is 4.09. The lowest BCUT2D eigenvalue weighted by Crippen LogP contribution is -2.38. The van der Waals surface area contributed by atoms with Gasteiger partial charge in [0.15, 0.2) is 0 Å². The second-order valence-corrected chi connectivity index (χ2v) is 7.69. The van der Waals surface area contributed by atoms with Crippen LogP contribution >= 0.6 is 0 Å². The second kappa shape index (κ2) is 7.12. The van der Waals surface area contributed by atoms with Crippen LogP contribution in [0.5, 0.6) is 0 Å². The second-order valence-electron chi connectivity index (χ2n) is 7.69. The number of hydrogen-bond acceptors (Lipinski definition) is 3. The Labute approximate surface area is 149 Å². The summed E-state index contributed by atoms with van der Waals surface area (Å²) in [5.74, 6) is 1.53. The molecule has 1 aromatic carbocycles. The van der Waals surface area contributed by atoms with Gasteiger partial charge in [0.2, 0.25) is 0 Å². The molecule has 0 spiro atoms. The number of hydrogen-bond donors (Lipinski definition) is 1. The number of rotatable bonds is 3. The Balaban J connectivity index is 1.55. The molecule has 2 aromatic rings. The van der Waals surface area contributed by atoms with Crippen molar-refractivity contribution in [1.29, 1.82) is 0 Å². The summed E-state index contributed by atoms with van der Waals surface area (Å²) in [5, 5.41) is 0. The van der Waals surface area contributed by atoms with Gasteiger partial charge in [-0.05, 0) is 32.1 Å². The Morgan fingerprint density at radius 2 is 1.92 bits per heavy atom. The first-order chi connectivity index (χ1) is 12.2. The van der Waals surface area contributed by atoms with Crippen LogP contribution in [-0.2, 0) is 13.0 Å². The minimum absolute atomic E-state index is 0.0397. The van der Waals surface area contributed by atoms with Crippen LogP contribution < -0.4 is 5.56 Å². The van der Waals surface area contributed by atoms with Crippen LogP contribution in [0.4, 0.5) is 0 Å². The average molecular weight is 337 g/mol. The van der Waals surface area contributed by atoms with E-state index in [4.69, 9.17) is 4.98 Å². The highest BCUT2D eigenvalue weighted by Crippen LogP contribution is 2.26. The third-order valence-electron chi connectivity index (χ3n) is 5.72. The molecule has 0 radical (unpaired) electrons. The predicted octanol–water partition coefficient (Wildman–Crippen LogP) is 3.68. The van der Waals surface area contributed by atoms with Crippen molar-refractivity contribution in [3.8, 4) is 11.4 Å². The van der Waals surface area contributed by atoms with Gasteiger partial charge in [-0.1, -0.05) is 49.1 Å². The van der Waals surface area contributed by atoms with E-state index in [1.54, 1.807) is 0 Å². The van der Waals surface area contributed by atoms with E-state index in [2.05, 4.69) is 28.9 Å². The number of H-pyrrole nitrogens is 1. The first-order valence-electron chi connectivity index (χ1n) is 9.60. The fraction of sp³-hybridized carbons (Fsp3) is 0.524. The van der Waals surface area contributed by atoms with E-state index in [-0.39, 0.29) is 5.56 Å². The maximum Gasteiger partial charge on any atom is 0.254 e. The highest BCUT2D eigenvalue weighted by atomic mass is 16.1. The van der Waals surface area contributed by atoms with Crippen molar-refractivity contribution in [2.45, 2.75) is 52.0 Å². The van der Waals surface area contributed by atoms with E-state index in [0.717, 1.165) is 48.8 Å². The topological polar surface area (TPSA) is 49.0 Å². The number of aromatic nitrogens is 2. The van der Waals surface area contributed by atoms with Gasteiger partial charge in [0.05, 0.1) is 5.69 Å². The Morgan fingerprint density at radius 3 is 2.68 bits per heavy atom. The van der Waals surface area contributed by atoms with Crippen LogP contribution in [0, 0.1) is 12.8 Å². The fourth-order valence-electron chi connectivity index (χ4n) is 4.23. The van der Waals surface area contributed by atoms with E-state index >= 15 is 0 Å². The van der Waals surface area contributed by atoms with Gasteiger partial charge in [0, 0.05) is 30.8 Å². The van der Waals surface area contributed by atoms with Crippen molar-refractivity contribution >= 4 is 0 Å². The van der Waals surface area contributed by atoms with E-state index in [1.807, 2.05) is 12.1 Å². The van der Waals surface area contributed by atoms with Gasteiger partial charge in [-0.2, -0.15) is 0 Å². The van der Waals surface area contributed by atoms with Crippen molar-refractivity contribution in [3.05, 3.63) is 51.4 Å². The zero-order valence-corrected chi connectivity index (χ0v) is 15.1. The minimum Gasteiger partial charge on any atom is -0.306 e. The smallest absolute Gasteiger partial charge is 0.254 e. The number of nitrogens with zero attached hydrogens (tertiary/aromatic N) is 2. The van der Waals surface area contributed by atoms with Crippen molar-refractivity contribution in [3.63, 3.8) is 0 Å². The summed E-state index contributed by atoms with van der Waals surface area (Å²) in [6, 6.07) is 8.18. The van der Waals surface area contributed by atoms with Crippen LogP contribution in [0.3, 0.4) is 0 Å². The summed E-state index contributed by atoms with van der Waals surface area (Å²) in [6.45, 7) is 5.02. The lowest BCUT2D eigenvalue weighted by atomic mass is 9.88. The predicted molar refractivity (Wildman–Crippen MR) is 101 cm³/mol. The molecule has 1 aliphatic heterocycles. The lowest BCUT2D eigenvalue weighted by molar-refractivity contribution is 0.184. The SMILES string of the molecule is Cc1ccc(-c2nc3c(c(=O)[nH]2)CCN(CC2CCCCC2)C3)cc1. The molecule has 1 fully saturated rings. The number of nitrogens with one attached hydrogen (secondary N) is 1. The summed E-state index contributed by atoms with van der Waals surface area (Å²) in [7, 11) is 0. The number of aromatic amines is 1. The molecule has 1 aromatic heterocycles. The Morgan fingerprint density at radius 1 is 1.16 bits per heavy atom. The Hall–Kier alpha value is -1.94. The molecular weight excluding hydrogens is 310 g/mol. The monoisotopic (exact) mass is 337 g/mol. The number of fused-ring (bicyclic) bond motifs is 1. The molecule has 1 N–H and O–H groups in total. The van der Waals surface area contributed by atoms with Gasteiger partial charge in [-0.3, -0.25) is 9.69 Å². The van der Waals surface area contributed by atoms with Crippen LogP contribution in [0.25, 0.3) is 11.4 Å². The van der Waals surface area contributed by atoms with Gasteiger partial charge < -0.3 is 4.98 Å². The van der Waals surface area contributed by atoms with Crippen molar-refractivity contribution in [2.75, 3.05) is 13.1 Å². The first kappa shape index (κ1) is 16.5. The van der Waals surface area contributed by atoms with Crippen molar-refractivity contribution < 1.29 is 0 Å². The van der Waals surface area contributed by atoms with Crippen LogP contribution in [0.15, 0.2) is 29.1 Å². The van der Waals surface area contributed by atoms with Gasteiger partial charge in [-0.15, -0.1) is 0 Å². The molecule has 4 heteroatoms. The molecule has 0 unspecified atom stereocenters. The molecule has 4 nitrogen and oxygen atoms in total. The molecule has 0 bridgehead atoms. The average Bonchev–Trinajstić information content (AvgIpc) is 2.63. The Kier molecular flexibility index (Phi) is 4.71. The van der Waals surface area contributed by atoms with Crippen LogP contribution in [-0.4, -0.2) is 28.0 Å². The molecule has 4 rings (SSSR count). The molecular formula is C21H27N3O. The number of aryl methyl sites for hydroxylation is 1. The molecule has 25 heavy (non-hydrogen) atoms. The maximum atomic E-state index is 12.5. The summed E-state index contributed by atoms with van der Waals surface area (Å²) < 4.78 is 0. The molecule has 2 heterocycles. The van der Waals surface area contributed by atoms with Gasteiger partial charge in [-0.25, -0.2) is 4.98 Å². The minimum atomic E-state index is 0.0397. The molecule has 0 amide bonds. The molecule has 1 saturated carbocycles. The van der Waals surface area contributed by atoms with E-state index in [0.29, 0.717) is 5.82 Å². The summed E-state index contributed by atoms with van der Waals surface area (Å²) >= 11 is 0. The zero-order chi connectivity index (χ0) is 17.2.